The third-order valence-corrected chi connectivity index (χ3v) is 5.04. The van der Waals surface area contributed by atoms with Gasteiger partial charge in [0, 0.05) is 49.2 Å². The number of nitrogens with zero attached hydrogens (tertiary/aromatic N) is 3. The summed E-state index contributed by atoms with van der Waals surface area (Å²) in [7, 11) is 2.18. The first-order valence-corrected chi connectivity index (χ1v) is 9.22. The lowest BCUT2D eigenvalue weighted by atomic mass is 10.1. The van der Waals surface area contributed by atoms with E-state index in [0.29, 0.717) is 5.88 Å². The van der Waals surface area contributed by atoms with Gasteiger partial charge in [-0.3, -0.25) is 4.90 Å². The van der Waals surface area contributed by atoms with E-state index in [0.717, 1.165) is 54.9 Å². The Balaban J connectivity index is 1.58. The Labute approximate surface area is 155 Å². The van der Waals surface area contributed by atoms with Crippen LogP contribution in [0.2, 0.25) is 0 Å². The van der Waals surface area contributed by atoms with Gasteiger partial charge in [0.1, 0.15) is 5.75 Å². The van der Waals surface area contributed by atoms with Crippen LogP contribution in [0.15, 0.2) is 54.6 Å². The van der Waals surface area contributed by atoms with Gasteiger partial charge in [0.2, 0.25) is 5.88 Å². The maximum absolute atomic E-state index is 6.26. The van der Waals surface area contributed by atoms with E-state index in [4.69, 9.17) is 9.72 Å². The van der Waals surface area contributed by atoms with Crippen LogP contribution >= 0.6 is 0 Å². The van der Waals surface area contributed by atoms with E-state index in [1.54, 1.807) is 0 Å². The molecule has 0 bridgehead atoms. The predicted octanol–water partition coefficient (Wildman–Crippen LogP) is 4.08. The molecule has 0 aliphatic carbocycles. The summed E-state index contributed by atoms with van der Waals surface area (Å²) in [6.07, 6.45) is 0. The molecule has 1 aromatic heterocycles. The zero-order valence-corrected chi connectivity index (χ0v) is 15.5. The molecule has 0 amide bonds. The molecule has 0 atom stereocenters. The van der Waals surface area contributed by atoms with Gasteiger partial charge in [0.25, 0.3) is 0 Å². The summed E-state index contributed by atoms with van der Waals surface area (Å²) >= 11 is 0. The number of fused-ring (bicyclic) bond motifs is 1. The van der Waals surface area contributed by atoms with Crippen molar-refractivity contribution >= 4 is 10.9 Å². The highest BCUT2D eigenvalue weighted by molar-refractivity contribution is 5.80. The molecule has 4 rings (SSSR count). The molecule has 2 heterocycles. The van der Waals surface area contributed by atoms with Gasteiger partial charge in [-0.25, -0.2) is 4.98 Å². The summed E-state index contributed by atoms with van der Waals surface area (Å²) in [5.41, 5.74) is 3.23. The van der Waals surface area contributed by atoms with Gasteiger partial charge in [-0.05, 0) is 32.2 Å². The maximum atomic E-state index is 6.26. The summed E-state index contributed by atoms with van der Waals surface area (Å²) in [6.45, 7) is 7.40. The van der Waals surface area contributed by atoms with Crippen LogP contribution in [0.1, 0.15) is 11.1 Å². The molecular weight excluding hydrogens is 322 g/mol. The van der Waals surface area contributed by atoms with Crippen molar-refractivity contribution < 1.29 is 4.74 Å². The van der Waals surface area contributed by atoms with E-state index in [1.165, 1.54) is 5.56 Å². The fraction of sp³-hybridized carbons (Fsp3) is 0.318. The van der Waals surface area contributed by atoms with E-state index in [1.807, 2.05) is 30.3 Å². The second-order valence-corrected chi connectivity index (χ2v) is 7.09. The number of rotatable bonds is 4. The smallest absolute Gasteiger partial charge is 0.222 e. The molecule has 0 unspecified atom stereocenters. The lowest BCUT2D eigenvalue weighted by Crippen LogP contribution is -2.43. The molecule has 1 fully saturated rings. The fourth-order valence-electron chi connectivity index (χ4n) is 3.39. The van der Waals surface area contributed by atoms with Crippen molar-refractivity contribution in [3.63, 3.8) is 0 Å². The molecule has 3 aromatic rings. The lowest BCUT2D eigenvalue weighted by molar-refractivity contribution is 0.147. The highest BCUT2D eigenvalue weighted by Crippen LogP contribution is 2.29. The second-order valence-electron chi connectivity index (χ2n) is 7.09. The average Bonchev–Trinajstić information content (AvgIpc) is 2.66. The largest absolute Gasteiger partial charge is 0.438 e. The van der Waals surface area contributed by atoms with Gasteiger partial charge in [-0.15, -0.1) is 0 Å². The number of para-hydroxylation sites is 2. The Kier molecular flexibility index (Phi) is 4.87. The molecule has 134 valence electrons. The maximum Gasteiger partial charge on any atom is 0.222 e. The number of hydrogen-bond donors (Lipinski definition) is 0. The second kappa shape index (κ2) is 7.44. The standard InChI is InChI=1S/C22H25N3O/c1-17-15-18-7-3-5-9-20(18)23-22(17)26-21-10-6-4-8-19(21)16-25-13-11-24(2)12-14-25/h3-10,15H,11-14,16H2,1-2H3. The quantitative estimate of drug-likeness (QED) is 0.711. The molecule has 1 saturated heterocycles. The fourth-order valence-corrected chi connectivity index (χ4v) is 3.39. The van der Waals surface area contributed by atoms with Crippen LogP contribution in [0.3, 0.4) is 0 Å². The lowest BCUT2D eigenvalue weighted by Gasteiger charge is -2.32. The zero-order valence-electron chi connectivity index (χ0n) is 15.5. The van der Waals surface area contributed by atoms with Crippen molar-refractivity contribution in [1.29, 1.82) is 0 Å². The number of piperazine rings is 1. The minimum absolute atomic E-state index is 0.689. The molecule has 2 aromatic carbocycles. The number of aryl methyl sites for hydroxylation is 1. The summed E-state index contributed by atoms with van der Waals surface area (Å²) in [6, 6.07) is 18.6. The Morgan fingerprint density at radius 3 is 2.54 bits per heavy atom. The van der Waals surface area contributed by atoms with Crippen LogP contribution in [0.5, 0.6) is 11.6 Å². The molecule has 0 saturated carbocycles. The van der Waals surface area contributed by atoms with Crippen molar-refractivity contribution in [2.24, 2.45) is 0 Å². The van der Waals surface area contributed by atoms with Crippen LogP contribution in [0.4, 0.5) is 0 Å². The zero-order chi connectivity index (χ0) is 17.9. The topological polar surface area (TPSA) is 28.6 Å². The van der Waals surface area contributed by atoms with Crippen LogP contribution in [0, 0.1) is 6.92 Å². The van der Waals surface area contributed by atoms with Gasteiger partial charge >= 0.3 is 0 Å². The van der Waals surface area contributed by atoms with Crippen molar-refractivity contribution in [1.82, 2.24) is 14.8 Å². The first-order chi connectivity index (χ1) is 12.7. The molecule has 4 heteroatoms. The first kappa shape index (κ1) is 17.0. The van der Waals surface area contributed by atoms with E-state index in [9.17, 15) is 0 Å². The van der Waals surface area contributed by atoms with Crippen LogP contribution in [0.25, 0.3) is 10.9 Å². The molecule has 4 nitrogen and oxygen atoms in total. The summed E-state index contributed by atoms with van der Waals surface area (Å²) in [5.74, 6) is 1.59. The normalized spacial score (nSPS) is 16.1. The highest BCUT2D eigenvalue weighted by Gasteiger charge is 2.16. The summed E-state index contributed by atoms with van der Waals surface area (Å²) < 4.78 is 6.26. The number of ether oxygens (including phenoxy) is 1. The number of hydrogen-bond acceptors (Lipinski definition) is 4. The highest BCUT2D eigenvalue weighted by atomic mass is 16.5. The van der Waals surface area contributed by atoms with Crippen LogP contribution < -0.4 is 4.74 Å². The van der Waals surface area contributed by atoms with Crippen molar-refractivity contribution in [3.05, 3.63) is 65.7 Å². The van der Waals surface area contributed by atoms with Gasteiger partial charge in [-0.1, -0.05) is 36.4 Å². The minimum Gasteiger partial charge on any atom is -0.438 e. The predicted molar refractivity (Wildman–Crippen MR) is 106 cm³/mol. The third-order valence-electron chi connectivity index (χ3n) is 5.04. The summed E-state index contributed by atoms with van der Waals surface area (Å²) in [4.78, 5) is 9.59. The minimum atomic E-state index is 0.689. The monoisotopic (exact) mass is 347 g/mol. The van der Waals surface area contributed by atoms with Gasteiger partial charge in [0.15, 0.2) is 0 Å². The van der Waals surface area contributed by atoms with Gasteiger partial charge in [-0.2, -0.15) is 0 Å². The molecule has 1 aliphatic heterocycles. The number of aromatic nitrogens is 1. The average molecular weight is 347 g/mol. The van der Waals surface area contributed by atoms with Gasteiger partial charge < -0.3 is 9.64 Å². The summed E-state index contributed by atoms with van der Waals surface area (Å²) in [5, 5.41) is 1.14. The van der Waals surface area contributed by atoms with E-state index in [2.05, 4.69) is 48.0 Å². The first-order valence-electron chi connectivity index (χ1n) is 9.22. The Hall–Kier alpha value is -2.43. The molecule has 0 radical (unpaired) electrons. The Morgan fingerprint density at radius 1 is 0.962 bits per heavy atom. The van der Waals surface area contributed by atoms with E-state index >= 15 is 0 Å². The van der Waals surface area contributed by atoms with E-state index in [-0.39, 0.29) is 0 Å². The molecule has 0 N–H and O–H groups in total. The molecular formula is C22H25N3O. The van der Waals surface area contributed by atoms with Gasteiger partial charge in [0.05, 0.1) is 5.52 Å². The Morgan fingerprint density at radius 2 is 1.69 bits per heavy atom. The van der Waals surface area contributed by atoms with Crippen molar-refractivity contribution in [2.75, 3.05) is 33.2 Å². The molecule has 0 spiro atoms. The van der Waals surface area contributed by atoms with E-state index < -0.39 is 0 Å². The number of benzene rings is 2. The van der Waals surface area contributed by atoms with Crippen molar-refractivity contribution in [2.45, 2.75) is 13.5 Å². The molecule has 26 heavy (non-hydrogen) atoms. The van der Waals surface area contributed by atoms with Crippen molar-refractivity contribution in [3.8, 4) is 11.6 Å². The SMILES string of the molecule is Cc1cc2ccccc2nc1Oc1ccccc1CN1CCN(C)CC1. The third kappa shape index (κ3) is 3.71. The Bertz CT molecular complexity index is 901. The molecule has 1 aliphatic rings. The van der Waals surface area contributed by atoms with Crippen LogP contribution in [-0.2, 0) is 6.54 Å². The number of pyridine rings is 1. The number of likely N-dealkylation sites (N-methyl/N-ethyl adjacent to an activating group) is 1. The van der Waals surface area contributed by atoms with Crippen LogP contribution in [-0.4, -0.2) is 48.0 Å².